The minimum atomic E-state index is -3.80. The average Bonchev–Trinajstić information content (AvgIpc) is 3.32. The third-order valence-electron chi connectivity index (χ3n) is 6.14. The number of fused-ring (bicyclic) bond motifs is 3. The number of rotatable bonds is 6. The van der Waals surface area contributed by atoms with Crippen LogP contribution in [-0.2, 0) is 14.8 Å². The van der Waals surface area contributed by atoms with Crippen molar-refractivity contribution in [1.29, 1.82) is 0 Å². The minimum absolute atomic E-state index is 0.0954. The van der Waals surface area contributed by atoms with Crippen LogP contribution >= 0.6 is 22.9 Å². The van der Waals surface area contributed by atoms with Crippen molar-refractivity contribution in [3.63, 3.8) is 0 Å². The molecule has 0 unspecified atom stereocenters. The van der Waals surface area contributed by atoms with Crippen molar-refractivity contribution in [3.05, 3.63) is 86.8 Å². The quantitative estimate of drug-likeness (QED) is 0.342. The summed E-state index contributed by atoms with van der Waals surface area (Å²) in [7, 11) is -3.80. The molecular weight excluding hydrogens is 534 g/mol. The Kier molecular flexibility index (Phi) is 6.38. The molecule has 9 nitrogen and oxygen atoms in total. The van der Waals surface area contributed by atoms with Gasteiger partial charge in [0.05, 0.1) is 17.0 Å². The maximum absolute atomic E-state index is 12.8. The lowest BCUT2D eigenvalue weighted by Crippen LogP contribution is -2.13. The first-order valence-electron chi connectivity index (χ1n) is 11.3. The van der Waals surface area contributed by atoms with E-state index in [0.717, 1.165) is 26.6 Å². The summed E-state index contributed by atoms with van der Waals surface area (Å²) in [6.45, 7) is 5.86. The molecule has 37 heavy (non-hydrogen) atoms. The van der Waals surface area contributed by atoms with E-state index in [4.69, 9.17) is 16.6 Å². The van der Waals surface area contributed by atoms with Crippen molar-refractivity contribution in [2.24, 2.45) is 4.99 Å². The molecule has 0 radical (unpaired) electrons. The van der Waals surface area contributed by atoms with Gasteiger partial charge in [-0.25, -0.2) is 8.42 Å². The fourth-order valence-electron chi connectivity index (χ4n) is 4.21. The minimum Gasteiger partial charge on any atom is -0.481 e. The molecule has 190 valence electrons. The highest BCUT2D eigenvalue weighted by atomic mass is 35.5. The Balaban J connectivity index is 1.57. The number of hydrogen-bond donors (Lipinski definition) is 2. The predicted octanol–water partition coefficient (Wildman–Crippen LogP) is 5.08. The number of aryl methyl sites for hydroxylation is 2. The van der Waals surface area contributed by atoms with Gasteiger partial charge in [-0.1, -0.05) is 23.7 Å². The second kappa shape index (κ2) is 9.40. The molecule has 3 heterocycles. The molecule has 0 fully saturated rings. The van der Waals surface area contributed by atoms with E-state index < -0.39 is 22.0 Å². The highest BCUT2D eigenvalue weighted by Crippen LogP contribution is 2.39. The normalized spacial score (nSPS) is 14.9. The van der Waals surface area contributed by atoms with Crippen molar-refractivity contribution in [3.8, 4) is 5.00 Å². The summed E-state index contributed by atoms with van der Waals surface area (Å²) in [5, 5.41) is 19.4. The van der Waals surface area contributed by atoms with Crippen LogP contribution in [0.1, 0.15) is 45.7 Å². The molecule has 1 atom stereocenters. The number of aromatic nitrogens is 3. The number of benzene rings is 2. The van der Waals surface area contributed by atoms with Crippen molar-refractivity contribution >= 4 is 50.3 Å². The summed E-state index contributed by atoms with van der Waals surface area (Å²) in [6, 6.07) is 12.0. The fourth-order valence-corrected chi connectivity index (χ4v) is 6.61. The number of thiophene rings is 1. The number of aliphatic imine (C=N–C) groups is 1. The van der Waals surface area contributed by atoms with E-state index in [1.807, 2.05) is 25.3 Å². The lowest BCUT2D eigenvalue weighted by molar-refractivity contribution is -0.137. The average molecular weight is 556 g/mol. The maximum atomic E-state index is 12.8. The molecule has 2 N–H and O–H groups in total. The van der Waals surface area contributed by atoms with Crippen LogP contribution in [0.15, 0.2) is 58.4 Å². The maximum Gasteiger partial charge on any atom is 0.306 e. The third-order valence-corrected chi connectivity index (χ3v) is 8.98. The van der Waals surface area contributed by atoms with E-state index in [-0.39, 0.29) is 11.3 Å². The Labute approximate surface area is 222 Å². The van der Waals surface area contributed by atoms with E-state index in [9.17, 15) is 18.3 Å². The topological polar surface area (TPSA) is 127 Å². The number of carboxylic acids is 1. The second-order valence-corrected chi connectivity index (χ2v) is 12.0. The molecule has 1 aliphatic heterocycles. The van der Waals surface area contributed by atoms with Gasteiger partial charge in [-0.05, 0) is 62.7 Å². The zero-order valence-corrected chi connectivity index (χ0v) is 22.4. The molecule has 0 aliphatic carbocycles. The van der Waals surface area contributed by atoms with Gasteiger partial charge in [0.2, 0.25) is 0 Å². The first kappa shape index (κ1) is 25.1. The third kappa shape index (κ3) is 4.65. The number of anilines is 1. The molecule has 0 amide bonds. The van der Waals surface area contributed by atoms with Crippen LogP contribution in [0, 0.1) is 20.8 Å². The number of carboxylic acid groups (broad SMARTS) is 1. The van der Waals surface area contributed by atoms with Gasteiger partial charge in [-0.3, -0.25) is 19.1 Å². The summed E-state index contributed by atoms with van der Waals surface area (Å²) in [5.74, 6) is 0.131. The molecule has 1 aliphatic rings. The van der Waals surface area contributed by atoms with E-state index in [1.54, 1.807) is 35.6 Å². The summed E-state index contributed by atoms with van der Waals surface area (Å²) in [4.78, 5) is 17.8. The van der Waals surface area contributed by atoms with E-state index >= 15 is 0 Å². The molecule has 0 spiro atoms. The van der Waals surface area contributed by atoms with E-state index in [0.29, 0.717) is 28.1 Å². The Morgan fingerprint density at radius 3 is 2.41 bits per heavy atom. The summed E-state index contributed by atoms with van der Waals surface area (Å²) in [6.07, 6.45) is -0.242. The van der Waals surface area contributed by atoms with Crippen LogP contribution < -0.4 is 4.72 Å². The van der Waals surface area contributed by atoms with Crippen molar-refractivity contribution in [1.82, 2.24) is 14.8 Å². The lowest BCUT2D eigenvalue weighted by Gasteiger charge is -2.12. The largest absolute Gasteiger partial charge is 0.481 e. The van der Waals surface area contributed by atoms with Gasteiger partial charge in [0, 0.05) is 26.7 Å². The lowest BCUT2D eigenvalue weighted by atomic mass is 9.99. The Morgan fingerprint density at radius 2 is 1.76 bits per heavy atom. The van der Waals surface area contributed by atoms with Crippen LogP contribution in [0.25, 0.3) is 5.00 Å². The number of sulfonamides is 1. The molecule has 12 heteroatoms. The Hall–Kier alpha value is -3.54. The standard InChI is InChI=1S/C25H22ClN5O4S2/c1-13-14(2)36-25-22(13)23(27-20(12-21(32)33)24-29-28-15(3)31(24)25)16-4-8-18(9-5-16)30-37(34,35)19-10-6-17(26)7-11-19/h4-11,20,30H,12H2,1-3H3,(H,32,33)/t20-/m0/s1. The SMILES string of the molecule is Cc1sc2c(c1C)C(c1ccc(NS(=O)(=O)c3ccc(Cl)cc3)cc1)=N[C@@H](CC(=O)O)c1nnc(C)n1-2. The van der Waals surface area contributed by atoms with Gasteiger partial charge in [-0.15, -0.1) is 21.5 Å². The van der Waals surface area contributed by atoms with Gasteiger partial charge < -0.3 is 5.11 Å². The molecular formula is C25H22ClN5O4S2. The number of halogens is 1. The molecule has 4 aromatic rings. The zero-order chi connectivity index (χ0) is 26.5. The van der Waals surface area contributed by atoms with Gasteiger partial charge in [0.1, 0.15) is 16.9 Å². The molecule has 5 rings (SSSR count). The second-order valence-electron chi connectivity index (χ2n) is 8.63. The highest BCUT2D eigenvalue weighted by molar-refractivity contribution is 7.92. The van der Waals surface area contributed by atoms with Gasteiger partial charge >= 0.3 is 5.97 Å². The summed E-state index contributed by atoms with van der Waals surface area (Å²) < 4.78 is 30.0. The van der Waals surface area contributed by atoms with Gasteiger partial charge in [0.25, 0.3) is 10.0 Å². The molecule has 0 saturated carbocycles. The molecule has 0 saturated heterocycles. The van der Waals surface area contributed by atoms with Crippen molar-refractivity contribution in [2.75, 3.05) is 4.72 Å². The van der Waals surface area contributed by atoms with Crippen LogP contribution in [0.4, 0.5) is 5.69 Å². The van der Waals surface area contributed by atoms with Crippen LogP contribution in [0.2, 0.25) is 5.02 Å². The molecule has 2 aromatic heterocycles. The summed E-state index contributed by atoms with van der Waals surface area (Å²) in [5.41, 5.74) is 3.64. The number of nitrogens with one attached hydrogen (secondary N) is 1. The van der Waals surface area contributed by atoms with E-state index in [1.165, 1.54) is 24.3 Å². The Bertz CT molecular complexity index is 1660. The highest BCUT2D eigenvalue weighted by Gasteiger charge is 2.32. The predicted molar refractivity (Wildman–Crippen MR) is 143 cm³/mol. The molecule has 0 bridgehead atoms. The van der Waals surface area contributed by atoms with Gasteiger partial charge in [-0.2, -0.15) is 0 Å². The summed E-state index contributed by atoms with van der Waals surface area (Å²) >= 11 is 7.45. The number of hydrogen-bond acceptors (Lipinski definition) is 7. The van der Waals surface area contributed by atoms with Crippen LogP contribution in [0.5, 0.6) is 0 Å². The van der Waals surface area contributed by atoms with E-state index in [2.05, 4.69) is 14.9 Å². The number of nitrogens with zero attached hydrogens (tertiary/aromatic N) is 4. The van der Waals surface area contributed by atoms with Crippen LogP contribution in [0.3, 0.4) is 0 Å². The smallest absolute Gasteiger partial charge is 0.306 e. The monoisotopic (exact) mass is 555 g/mol. The Morgan fingerprint density at radius 1 is 1.08 bits per heavy atom. The first-order valence-corrected chi connectivity index (χ1v) is 13.9. The number of aliphatic carboxylic acids is 1. The van der Waals surface area contributed by atoms with Crippen molar-refractivity contribution < 1.29 is 18.3 Å². The first-order chi connectivity index (χ1) is 17.5. The molecule has 2 aromatic carbocycles. The van der Waals surface area contributed by atoms with Gasteiger partial charge in [0.15, 0.2) is 5.82 Å². The fraction of sp³-hybridized carbons (Fsp3) is 0.200. The number of carbonyl (C=O) groups is 1. The van der Waals surface area contributed by atoms with Crippen LogP contribution in [-0.4, -0.2) is 40.0 Å². The zero-order valence-electron chi connectivity index (χ0n) is 20.1. The van der Waals surface area contributed by atoms with Crippen molar-refractivity contribution in [2.45, 2.75) is 38.1 Å².